The quantitative estimate of drug-likeness (QED) is 0.395. The summed E-state index contributed by atoms with van der Waals surface area (Å²) in [5, 5.41) is 26.0. The van der Waals surface area contributed by atoms with Crippen molar-refractivity contribution in [3.8, 4) is 0 Å². The van der Waals surface area contributed by atoms with Gasteiger partial charge in [0.1, 0.15) is 18.8 Å². The molecule has 0 spiro atoms. The number of aliphatic hydroxyl groups excluding tert-OH is 3. The number of methoxy groups -OCH3 is 1. The van der Waals surface area contributed by atoms with Gasteiger partial charge in [-0.3, -0.25) is 0 Å². The van der Waals surface area contributed by atoms with Crippen LogP contribution in [0.4, 0.5) is 0 Å². The molecule has 0 heterocycles. The van der Waals surface area contributed by atoms with Gasteiger partial charge in [0, 0.05) is 7.11 Å². The number of carbonyl (C=O) groups is 1. The minimum Gasteiger partial charge on any atom is -0.456 e. The van der Waals surface area contributed by atoms with E-state index in [1.807, 2.05) is 0 Å². The lowest BCUT2D eigenvalue weighted by molar-refractivity contribution is -0.159. The molecular formula is C9H18O7. The zero-order chi connectivity index (χ0) is 12.4. The number of aliphatic hydroxyl groups is 3. The van der Waals surface area contributed by atoms with E-state index in [0.717, 1.165) is 0 Å². The van der Waals surface area contributed by atoms with Gasteiger partial charge in [0.05, 0.1) is 26.4 Å². The van der Waals surface area contributed by atoms with Gasteiger partial charge in [0.25, 0.3) is 0 Å². The Morgan fingerprint density at radius 3 is 2.12 bits per heavy atom. The fourth-order valence-electron chi connectivity index (χ4n) is 0.873. The molecule has 0 aliphatic rings. The average Bonchev–Trinajstić information content (AvgIpc) is 2.32. The molecule has 0 rings (SSSR count). The Kier molecular flexibility index (Phi) is 9.06. The lowest BCUT2D eigenvalue weighted by atomic mass is 10.4. The largest absolute Gasteiger partial charge is 0.456 e. The summed E-state index contributed by atoms with van der Waals surface area (Å²) in [6.07, 6.45) is -1.27. The van der Waals surface area contributed by atoms with Crippen molar-refractivity contribution in [2.45, 2.75) is 12.2 Å². The summed E-state index contributed by atoms with van der Waals surface area (Å²) in [7, 11) is 1.43. The van der Waals surface area contributed by atoms with Crippen LogP contribution in [0.1, 0.15) is 0 Å². The maximum Gasteiger partial charge on any atom is 0.332 e. The van der Waals surface area contributed by atoms with E-state index in [1.165, 1.54) is 7.11 Å². The first-order valence-electron chi connectivity index (χ1n) is 4.80. The monoisotopic (exact) mass is 238 g/mol. The van der Waals surface area contributed by atoms with Crippen LogP contribution < -0.4 is 0 Å². The van der Waals surface area contributed by atoms with Crippen molar-refractivity contribution in [2.75, 3.05) is 40.1 Å². The molecule has 96 valence electrons. The SMILES string of the molecule is COC(CO)COCC(CO)OC(=O)CO. The maximum absolute atomic E-state index is 10.7. The summed E-state index contributed by atoms with van der Waals surface area (Å²) in [6.45, 7) is -1.23. The highest BCUT2D eigenvalue weighted by Gasteiger charge is 2.14. The van der Waals surface area contributed by atoms with Gasteiger partial charge in [-0.05, 0) is 0 Å². The third kappa shape index (κ3) is 6.70. The highest BCUT2D eigenvalue weighted by Crippen LogP contribution is 1.96. The second kappa shape index (κ2) is 9.49. The van der Waals surface area contributed by atoms with E-state index in [1.54, 1.807) is 0 Å². The van der Waals surface area contributed by atoms with Crippen LogP contribution in [0, 0.1) is 0 Å². The third-order valence-electron chi connectivity index (χ3n) is 1.78. The molecule has 0 aliphatic heterocycles. The van der Waals surface area contributed by atoms with Gasteiger partial charge in [-0.1, -0.05) is 0 Å². The Bertz CT molecular complexity index is 181. The molecule has 0 fully saturated rings. The Hall–Kier alpha value is -0.730. The smallest absolute Gasteiger partial charge is 0.332 e. The van der Waals surface area contributed by atoms with Gasteiger partial charge in [0.15, 0.2) is 0 Å². The van der Waals surface area contributed by atoms with Crippen LogP contribution >= 0.6 is 0 Å². The summed E-state index contributed by atoms with van der Waals surface area (Å²) < 4.78 is 14.5. The predicted octanol–water partition coefficient (Wildman–Crippen LogP) is -2.09. The Labute approximate surface area is 93.5 Å². The van der Waals surface area contributed by atoms with Crippen molar-refractivity contribution in [1.82, 2.24) is 0 Å². The molecular weight excluding hydrogens is 220 g/mol. The fraction of sp³-hybridized carbons (Fsp3) is 0.889. The van der Waals surface area contributed by atoms with Gasteiger partial charge < -0.3 is 29.5 Å². The second-order valence-corrected chi connectivity index (χ2v) is 3.03. The topological polar surface area (TPSA) is 105 Å². The molecule has 3 N–H and O–H groups in total. The molecule has 2 atom stereocenters. The van der Waals surface area contributed by atoms with E-state index in [9.17, 15) is 4.79 Å². The van der Waals surface area contributed by atoms with Crippen molar-refractivity contribution >= 4 is 5.97 Å². The van der Waals surface area contributed by atoms with Crippen LogP contribution in [0.5, 0.6) is 0 Å². The summed E-state index contributed by atoms with van der Waals surface area (Å²) >= 11 is 0. The molecule has 7 nitrogen and oxygen atoms in total. The van der Waals surface area contributed by atoms with Gasteiger partial charge >= 0.3 is 5.97 Å². The summed E-state index contributed by atoms with van der Waals surface area (Å²) in [6, 6.07) is 0. The Morgan fingerprint density at radius 2 is 1.69 bits per heavy atom. The van der Waals surface area contributed by atoms with E-state index >= 15 is 0 Å². The summed E-state index contributed by atoms with van der Waals surface area (Å²) in [5.41, 5.74) is 0. The highest BCUT2D eigenvalue weighted by molar-refractivity contribution is 5.70. The Morgan fingerprint density at radius 1 is 1.12 bits per heavy atom. The number of ether oxygens (including phenoxy) is 3. The number of hydrogen-bond donors (Lipinski definition) is 3. The van der Waals surface area contributed by atoms with Crippen molar-refractivity contribution in [3.63, 3.8) is 0 Å². The molecule has 16 heavy (non-hydrogen) atoms. The minimum atomic E-state index is -0.826. The van der Waals surface area contributed by atoms with Crippen LogP contribution in [0.25, 0.3) is 0 Å². The lowest BCUT2D eigenvalue weighted by Gasteiger charge is -2.17. The normalized spacial score (nSPS) is 14.5. The predicted molar refractivity (Wildman–Crippen MR) is 52.8 cm³/mol. The molecule has 2 unspecified atom stereocenters. The standard InChI is InChI=1S/C9H18O7/c1-14-7(2-10)5-15-6-8(3-11)16-9(13)4-12/h7-8,10-12H,2-6H2,1H3. The van der Waals surface area contributed by atoms with E-state index < -0.39 is 31.4 Å². The van der Waals surface area contributed by atoms with E-state index in [2.05, 4.69) is 4.74 Å². The summed E-state index contributed by atoms with van der Waals surface area (Å²) in [5.74, 6) is -0.826. The maximum atomic E-state index is 10.7. The molecule has 0 radical (unpaired) electrons. The number of carbonyl (C=O) groups excluding carboxylic acids is 1. The van der Waals surface area contributed by atoms with E-state index in [-0.39, 0.29) is 19.8 Å². The van der Waals surface area contributed by atoms with Crippen LogP contribution in [0.3, 0.4) is 0 Å². The molecule has 0 saturated carbocycles. The molecule has 0 bridgehead atoms. The molecule has 0 amide bonds. The second-order valence-electron chi connectivity index (χ2n) is 3.03. The fourth-order valence-corrected chi connectivity index (χ4v) is 0.873. The van der Waals surface area contributed by atoms with Gasteiger partial charge in [0.2, 0.25) is 0 Å². The molecule has 0 aliphatic carbocycles. The lowest BCUT2D eigenvalue weighted by Crippen LogP contribution is -2.31. The van der Waals surface area contributed by atoms with Gasteiger partial charge in [-0.15, -0.1) is 0 Å². The average molecular weight is 238 g/mol. The van der Waals surface area contributed by atoms with Crippen LogP contribution in [0.2, 0.25) is 0 Å². The third-order valence-corrected chi connectivity index (χ3v) is 1.78. The first-order chi connectivity index (χ1) is 7.67. The van der Waals surface area contributed by atoms with E-state index in [4.69, 9.17) is 24.8 Å². The first kappa shape index (κ1) is 15.3. The van der Waals surface area contributed by atoms with Crippen molar-refractivity contribution < 1.29 is 34.3 Å². The van der Waals surface area contributed by atoms with Crippen LogP contribution in [-0.4, -0.2) is 73.6 Å². The number of rotatable bonds is 9. The molecule has 0 aromatic carbocycles. The van der Waals surface area contributed by atoms with Crippen molar-refractivity contribution in [2.24, 2.45) is 0 Å². The Balaban J connectivity index is 3.74. The number of esters is 1. The minimum absolute atomic E-state index is 0.0257. The number of hydrogen-bond acceptors (Lipinski definition) is 7. The van der Waals surface area contributed by atoms with Crippen LogP contribution in [0.15, 0.2) is 0 Å². The molecule has 0 aromatic rings. The molecule has 7 heteroatoms. The molecule has 0 aromatic heterocycles. The van der Waals surface area contributed by atoms with Gasteiger partial charge in [-0.2, -0.15) is 0 Å². The van der Waals surface area contributed by atoms with Crippen molar-refractivity contribution in [1.29, 1.82) is 0 Å². The van der Waals surface area contributed by atoms with E-state index in [0.29, 0.717) is 0 Å². The van der Waals surface area contributed by atoms with Crippen LogP contribution in [-0.2, 0) is 19.0 Å². The molecule has 0 saturated heterocycles. The first-order valence-corrected chi connectivity index (χ1v) is 4.80. The highest BCUT2D eigenvalue weighted by atomic mass is 16.6. The zero-order valence-electron chi connectivity index (χ0n) is 9.16. The van der Waals surface area contributed by atoms with Gasteiger partial charge in [-0.25, -0.2) is 4.79 Å². The van der Waals surface area contributed by atoms with Crippen molar-refractivity contribution in [3.05, 3.63) is 0 Å². The zero-order valence-corrected chi connectivity index (χ0v) is 9.16. The summed E-state index contributed by atoms with van der Waals surface area (Å²) in [4.78, 5) is 10.7.